The van der Waals surface area contributed by atoms with Crippen LogP contribution in [0.15, 0.2) is 29.1 Å². The number of rotatable bonds is 1. The van der Waals surface area contributed by atoms with E-state index in [4.69, 9.17) is 0 Å². The van der Waals surface area contributed by atoms with Crippen molar-refractivity contribution >= 4 is 16.6 Å². The van der Waals surface area contributed by atoms with Crippen LogP contribution in [0.5, 0.6) is 0 Å². The summed E-state index contributed by atoms with van der Waals surface area (Å²) in [6, 6.07) is 9.21. The zero-order valence-electron chi connectivity index (χ0n) is 11.7. The molecule has 3 rings (SSSR count). The van der Waals surface area contributed by atoms with Gasteiger partial charge in [0.1, 0.15) is 0 Å². The maximum absolute atomic E-state index is 11.5. The molecule has 0 saturated carbocycles. The van der Waals surface area contributed by atoms with Crippen LogP contribution in [0.25, 0.3) is 10.9 Å². The van der Waals surface area contributed by atoms with Gasteiger partial charge in [0.15, 0.2) is 0 Å². The Morgan fingerprint density at radius 3 is 2.53 bits per heavy atom. The van der Waals surface area contributed by atoms with E-state index in [0.717, 1.165) is 16.5 Å². The summed E-state index contributed by atoms with van der Waals surface area (Å²) < 4.78 is 0. The van der Waals surface area contributed by atoms with Crippen LogP contribution in [0.2, 0.25) is 0 Å². The largest absolute Gasteiger partial charge is 0.366 e. The van der Waals surface area contributed by atoms with Crippen molar-refractivity contribution in [2.24, 2.45) is 0 Å². The second-order valence-corrected chi connectivity index (χ2v) is 5.73. The molecule has 1 aromatic heterocycles. The molecule has 0 unspecified atom stereocenters. The molecular formula is C16H20N2O. The first-order chi connectivity index (χ1) is 9.06. The van der Waals surface area contributed by atoms with Crippen LogP contribution in [0.3, 0.4) is 0 Å². The lowest BCUT2D eigenvalue weighted by atomic mass is 10.1. The summed E-state index contributed by atoms with van der Waals surface area (Å²) in [5.74, 6) is 0. The number of nitrogens with zero attached hydrogens (tertiary/aromatic N) is 1. The minimum Gasteiger partial charge on any atom is -0.366 e. The number of anilines is 1. The molecular weight excluding hydrogens is 236 g/mol. The molecule has 3 nitrogen and oxygen atoms in total. The predicted octanol–water partition coefficient (Wildman–Crippen LogP) is 3.21. The number of aromatic nitrogens is 1. The van der Waals surface area contributed by atoms with Gasteiger partial charge in [0.25, 0.3) is 0 Å². The lowest BCUT2D eigenvalue weighted by molar-refractivity contribution is 0.694. The van der Waals surface area contributed by atoms with Gasteiger partial charge in [-0.25, -0.2) is 0 Å². The average Bonchev–Trinajstić information content (AvgIpc) is 2.69. The first kappa shape index (κ1) is 12.3. The molecule has 0 amide bonds. The molecule has 0 spiro atoms. The summed E-state index contributed by atoms with van der Waals surface area (Å²) >= 11 is 0. The van der Waals surface area contributed by atoms with Crippen molar-refractivity contribution in [1.82, 2.24) is 4.98 Å². The molecule has 1 saturated heterocycles. The molecule has 19 heavy (non-hydrogen) atoms. The van der Waals surface area contributed by atoms with E-state index in [2.05, 4.69) is 35.9 Å². The summed E-state index contributed by atoms with van der Waals surface area (Å²) in [6.45, 7) is 6.57. The third kappa shape index (κ3) is 2.03. The number of H-pyrrole nitrogens is 1. The summed E-state index contributed by atoms with van der Waals surface area (Å²) in [5, 5.41) is 1.14. The molecule has 100 valence electrons. The first-order valence-electron chi connectivity index (χ1n) is 6.98. The van der Waals surface area contributed by atoms with Crippen LogP contribution in [0.4, 0.5) is 5.69 Å². The molecule has 0 radical (unpaired) electrons. The molecule has 3 heteroatoms. The topological polar surface area (TPSA) is 36.1 Å². The second kappa shape index (κ2) is 4.41. The molecule has 1 N–H and O–H groups in total. The van der Waals surface area contributed by atoms with Gasteiger partial charge in [0, 0.05) is 34.7 Å². The lowest BCUT2D eigenvalue weighted by Crippen LogP contribution is -2.32. The number of hydrogen-bond acceptors (Lipinski definition) is 2. The third-order valence-electron chi connectivity index (χ3n) is 4.28. The molecule has 1 aromatic carbocycles. The van der Waals surface area contributed by atoms with Crippen molar-refractivity contribution in [2.75, 3.05) is 4.90 Å². The first-order valence-corrected chi connectivity index (χ1v) is 6.98. The monoisotopic (exact) mass is 256 g/mol. The van der Waals surface area contributed by atoms with Gasteiger partial charge in [-0.15, -0.1) is 0 Å². The van der Waals surface area contributed by atoms with Gasteiger partial charge in [-0.1, -0.05) is 0 Å². The van der Waals surface area contributed by atoms with E-state index in [0.29, 0.717) is 12.1 Å². The standard InChI is InChI=1S/C16H20N2O/c1-10-8-16(19)17-15-7-6-13(9-14(10)15)18-11(2)4-5-12(18)3/h6-9,11-12H,4-5H2,1-3H3,(H,17,19)/t11-,12-/m1/s1. The van der Waals surface area contributed by atoms with Gasteiger partial charge in [-0.3, -0.25) is 4.79 Å². The maximum atomic E-state index is 11.5. The second-order valence-electron chi connectivity index (χ2n) is 5.73. The summed E-state index contributed by atoms with van der Waals surface area (Å²) in [5.41, 5.74) is 3.20. The van der Waals surface area contributed by atoms with E-state index in [-0.39, 0.29) is 5.56 Å². The number of pyridine rings is 1. The Morgan fingerprint density at radius 1 is 1.16 bits per heavy atom. The maximum Gasteiger partial charge on any atom is 0.248 e. The van der Waals surface area contributed by atoms with Gasteiger partial charge in [0.2, 0.25) is 5.56 Å². The van der Waals surface area contributed by atoms with E-state index in [1.165, 1.54) is 18.5 Å². The number of fused-ring (bicyclic) bond motifs is 1. The Labute approximate surface area is 113 Å². The Hall–Kier alpha value is -1.77. The van der Waals surface area contributed by atoms with E-state index in [1.807, 2.05) is 13.0 Å². The third-order valence-corrected chi connectivity index (χ3v) is 4.28. The summed E-state index contributed by atoms with van der Waals surface area (Å²) in [6.07, 6.45) is 2.51. The summed E-state index contributed by atoms with van der Waals surface area (Å²) in [4.78, 5) is 16.9. The van der Waals surface area contributed by atoms with Gasteiger partial charge in [0.05, 0.1) is 0 Å². The molecule has 1 aliphatic heterocycles. The lowest BCUT2D eigenvalue weighted by Gasteiger charge is -2.29. The van der Waals surface area contributed by atoms with Gasteiger partial charge >= 0.3 is 0 Å². The number of benzene rings is 1. The van der Waals surface area contributed by atoms with Crippen LogP contribution in [-0.4, -0.2) is 17.1 Å². The quantitative estimate of drug-likeness (QED) is 0.850. The molecule has 2 atom stereocenters. The van der Waals surface area contributed by atoms with E-state index < -0.39 is 0 Å². The van der Waals surface area contributed by atoms with Crippen molar-refractivity contribution in [2.45, 2.75) is 45.7 Å². The van der Waals surface area contributed by atoms with E-state index >= 15 is 0 Å². The number of aromatic amines is 1. The van der Waals surface area contributed by atoms with Crippen LogP contribution in [-0.2, 0) is 0 Å². The van der Waals surface area contributed by atoms with E-state index in [9.17, 15) is 4.79 Å². The molecule has 2 heterocycles. The normalized spacial score (nSPS) is 23.2. The molecule has 1 fully saturated rings. The van der Waals surface area contributed by atoms with Crippen LogP contribution < -0.4 is 10.5 Å². The Kier molecular flexibility index (Phi) is 2.85. The van der Waals surface area contributed by atoms with Gasteiger partial charge in [-0.05, 0) is 57.4 Å². The van der Waals surface area contributed by atoms with Crippen molar-refractivity contribution < 1.29 is 0 Å². The molecule has 1 aliphatic rings. The van der Waals surface area contributed by atoms with Gasteiger partial charge < -0.3 is 9.88 Å². The van der Waals surface area contributed by atoms with Crippen LogP contribution >= 0.6 is 0 Å². The zero-order chi connectivity index (χ0) is 13.6. The van der Waals surface area contributed by atoms with Crippen LogP contribution in [0, 0.1) is 6.92 Å². The fourth-order valence-corrected chi connectivity index (χ4v) is 3.28. The molecule has 0 bridgehead atoms. The highest BCUT2D eigenvalue weighted by Gasteiger charge is 2.27. The molecule has 2 aromatic rings. The predicted molar refractivity (Wildman–Crippen MR) is 79.9 cm³/mol. The Morgan fingerprint density at radius 2 is 1.84 bits per heavy atom. The highest BCUT2D eigenvalue weighted by Crippen LogP contribution is 2.32. The highest BCUT2D eigenvalue weighted by atomic mass is 16.1. The highest BCUT2D eigenvalue weighted by molar-refractivity contribution is 5.85. The number of hydrogen-bond donors (Lipinski definition) is 1. The molecule has 0 aliphatic carbocycles. The average molecular weight is 256 g/mol. The number of nitrogens with one attached hydrogen (secondary N) is 1. The smallest absolute Gasteiger partial charge is 0.248 e. The van der Waals surface area contributed by atoms with Gasteiger partial charge in [-0.2, -0.15) is 0 Å². The van der Waals surface area contributed by atoms with E-state index in [1.54, 1.807) is 6.07 Å². The SMILES string of the molecule is Cc1cc(=O)[nH]c2ccc(N3[C@H](C)CC[C@H]3C)cc12. The Balaban J connectivity index is 2.14. The minimum atomic E-state index is -0.0272. The van der Waals surface area contributed by atoms with Crippen molar-refractivity contribution in [1.29, 1.82) is 0 Å². The summed E-state index contributed by atoms with van der Waals surface area (Å²) in [7, 11) is 0. The fourth-order valence-electron chi connectivity index (χ4n) is 3.28. The van der Waals surface area contributed by atoms with Crippen LogP contribution in [0.1, 0.15) is 32.3 Å². The van der Waals surface area contributed by atoms with Crippen molar-refractivity contribution in [3.8, 4) is 0 Å². The number of aryl methyl sites for hydroxylation is 1. The fraction of sp³-hybridized carbons (Fsp3) is 0.438. The minimum absolute atomic E-state index is 0.0272. The zero-order valence-corrected chi connectivity index (χ0v) is 11.7. The van der Waals surface area contributed by atoms with Crippen molar-refractivity contribution in [3.63, 3.8) is 0 Å². The van der Waals surface area contributed by atoms with Crippen molar-refractivity contribution in [3.05, 3.63) is 40.2 Å². The Bertz CT molecular complexity index is 664.